The molecule has 0 spiro atoms. The molecular formula is C19H14FN3O2S2. The van der Waals surface area contributed by atoms with E-state index in [2.05, 4.69) is 15.3 Å². The number of hydrogen-bond acceptors (Lipinski definition) is 6. The van der Waals surface area contributed by atoms with Gasteiger partial charge in [-0.1, -0.05) is 18.2 Å². The average Bonchev–Trinajstić information content (AvgIpc) is 3.41. The van der Waals surface area contributed by atoms with Crippen LogP contribution in [0.25, 0.3) is 21.9 Å². The molecule has 3 aromatic heterocycles. The van der Waals surface area contributed by atoms with Gasteiger partial charge in [0.15, 0.2) is 16.8 Å². The van der Waals surface area contributed by atoms with Crippen LogP contribution in [-0.2, 0) is 11.2 Å². The molecule has 136 valence electrons. The summed E-state index contributed by atoms with van der Waals surface area (Å²) >= 11 is 2.98. The largest absolute Gasteiger partial charge is 0.441 e. The van der Waals surface area contributed by atoms with Gasteiger partial charge in [-0.3, -0.25) is 4.79 Å². The highest BCUT2D eigenvalue weighted by Gasteiger charge is 2.13. The number of rotatable bonds is 6. The van der Waals surface area contributed by atoms with Gasteiger partial charge in [0.25, 0.3) is 0 Å². The van der Waals surface area contributed by atoms with Crippen molar-refractivity contribution in [2.45, 2.75) is 12.8 Å². The van der Waals surface area contributed by atoms with Crippen molar-refractivity contribution in [3.63, 3.8) is 0 Å². The summed E-state index contributed by atoms with van der Waals surface area (Å²) in [5.41, 5.74) is 1.21. The predicted molar refractivity (Wildman–Crippen MR) is 104 cm³/mol. The normalized spacial score (nSPS) is 10.9. The van der Waals surface area contributed by atoms with Crippen LogP contribution >= 0.6 is 22.7 Å². The fourth-order valence-electron chi connectivity index (χ4n) is 2.48. The summed E-state index contributed by atoms with van der Waals surface area (Å²) in [6, 6.07) is 10.3. The van der Waals surface area contributed by atoms with Gasteiger partial charge in [0.1, 0.15) is 5.82 Å². The number of aromatic nitrogens is 2. The molecule has 0 saturated heterocycles. The van der Waals surface area contributed by atoms with Crippen molar-refractivity contribution in [3.05, 3.63) is 65.1 Å². The highest BCUT2D eigenvalue weighted by atomic mass is 32.1. The molecule has 8 heteroatoms. The number of thiophene rings is 1. The van der Waals surface area contributed by atoms with Crippen LogP contribution < -0.4 is 5.32 Å². The highest BCUT2D eigenvalue weighted by Crippen LogP contribution is 2.28. The molecule has 27 heavy (non-hydrogen) atoms. The maximum Gasteiger partial charge on any atom is 0.226 e. The van der Waals surface area contributed by atoms with Crippen molar-refractivity contribution in [3.8, 4) is 21.9 Å². The SMILES string of the molecule is O=C(CCc1ncc(-c2ccccc2F)o1)Nc1nc(-c2cccs2)cs1. The minimum atomic E-state index is -0.372. The summed E-state index contributed by atoms with van der Waals surface area (Å²) in [6.07, 6.45) is 1.99. The third-order valence-corrected chi connectivity index (χ3v) is 5.43. The van der Waals surface area contributed by atoms with Gasteiger partial charge >= 0.3 is 0 Å². The van der Waals surface area contributed by atoms with E-state index >= 15 is 0 Å². The van der Waals surface area contributed by atoms with Crippen molar-refractivity contribution in [1.29, 1.82) is 0 Å². The zero-order chi connectivity index (χ0) is 18.6. The zero-order valence-electron chi connectivity index (χ0n) is 14.0. The molecule has 0 bridgehead atoms. The quantitative estimate of drug-likeness (QED) is 0.482. The Balaban J connectivity index is 1.34. The molecule has 3 heterocycles. The van der Waals surface area contributed by atoms with Crippen LogP contribution in [-0.4, -0.2) is 15.9 Å². The topological polar surface area (TPSA) is 68.0 Å². The molecule has 0 radical (unpaired) electrons. The van der Waals surface area contributed by atoms with Crippen LogP contribution in [0.3, 0.4) is 0 Å². The standard InChI is InChI=1S/C19H14FN3O2S2/c20-13-5-2-1-4-12(13)15-10-21-18(25-15)8-7-17(24)23-19-22-14(11-27-19)16-6-3-9-26-16/h1-6,9-11H,7-8H2,(H,22,23,24). The first-order valence-electron chi connectivity index (χ1n) is 8.18. The fraction of sp³-hybridized carbons (Fsp3) is 0.105. The second-order valence-corrected chi connectivity index (χ2v) is 7.47. The Morgan fingerprint density at radius 3 is 2.89 bits per heavy atom. The van der Waals surface area contributed by atoms with Gasteiger partial charge in [-0.2, -0.15) is 0 Å². The van der Waals surface area contributed by atoms with Gasteiger partial charge in [0, 0.05) is 18.2 Å². The summed E-state index contributed by atoms with van der Waals surface area (Å²) in [4.78, 5) is 21.7. The molecule has 4 rings (SSSR count). The number of anilines is 1. The number of carbonyl (C=O) groups is 1. The second-order valence-electron chi connectivity index (χ2n) is 5.66. The molecule has 0 unspecified atom stereocenters. The highest BCUT2D eigenvalue weighted by molar-refractivity contribution is 7.16. The minimum absolute atomic E-state index is 0.173. The maximum absolute atomic E-state index is 13.8. The lowest BCUT2D eigenvalue weighted by Crippen LogP contribution is -2.12. The van der Waals surface area contributed by atoms with Crippen LogP contribution in [0.5, 0.6) is 0 Å². The predicted octanol–water partition coefficient (Wildman–Crippen LogP) is 5.24. The number of thiazole rings is 1. The van der Waals surface area contributed by atoms with Gasteiger partial charge in [-0.05, 0) is 23.6 Å². The number of nitrogens with zero attached hydrogens (tertiary/aromatic N) is 2. The van der Waals surface area contributed by atoms with Crippen molar-refractivity contribution in [2.24, 2.45) is 0 Å². The van der Waals surface area contributed by atoms with Gasteiger partial charge in [-0.15, -0.1) is 22.7 Å². The van der Waals surface area contributed by atoms with Crippen LogP contribution in [0.1, 0.15) is 12.3 Å². The smallest absolute Gasteiger partial charge is 0.226 e. The van der Waals surface area contributed by atoms with Crippen LogP contribution in [0.2, 0.25) is 0 Å². The number of carbonyl (C=O) groups excluding carboxylic acids is 1. The molecule has 1 N–H and O–H groups in total. The first kappa shape index (κ1) is 17.6. The number of oxazole rings is 1. The summed E-state index contributed by atoms with van der Waals surface area (Å²) in [5, 5.41) is 7.24. The first-order chi connectivity index (χ1) is 13.2. The van der Waals surface area contributed by atoms with Crippen molar-refractivity contribution >= 4 is 33.7 Å². The van der Waals surface area contributed by atoms with E-state index in [4.69, 9.17) is 4.42 Å². The van der Waals surface area contributed by atoms with Crippen molar-refractivity contribution in [1.82, 2.24) is 9.97 Å². The van der Waals surface area contributed by atoms with E-state index in [0.717, 1.165) is 10.6 Å². The second kappa shape index (κ2) is 7.81. The molecule has 1 aromatic carbocycles. The van der Waals surface area contributed by atoms with Gasteiger partial charge < -0.3 is 9.73 Å². The van der Waals surface area contributed by atoms with E-state index in [0.29, 0.717) is 28.8 Å². The summed E-state index contributed by atoms with van der Waals surface area (Å²) in [6.45, 7) is 0. The van der Waals surface area contributed by atoms with E-state index in [-0.39, 0.29) is 18.1 Å². The number of nitrogens with one attached hydrogen (secondary N) is 1. The number of halogens is 1. The molecule has 0 aliphatic heterocycles. The lowest BCUT2D eigenvalue weighted by molar-refractivity contribution is -0.116. The Morgan fingerprint density at radius 2 is 2.07 bits per heavy atom. The Hall–Kier alpha value is -2.84. The Labute approximate surface area is 162 Å². The van der Waals surface area contributed by atoms with Crippen molar-refractivity contribution < 1.29 is 13.6 Å². The third kappa shape index (κ3) is 4.12. The molecule has 0 fully saturated rings. The minimum Gasteiger partial charge on any atom is -0.441 e. The number of hydrogen-bond donors (Lipinski definition) is 1. The molecule has 5 nitrogen and oxygen atoms in total. The first-order valence-corrected chi connectivity index (χ1v) is 9.94. The molecule has 1 amide bonds. The Bertz CT molecular complexity index is 1060. The molecule has 4 aromatic rings. The number of aryl methyl sites for hydroxylation is 1. The summed E-state index contributed by atoms with van der Waals surface area (Å²) in [7, 11) is 0. The lowest BCUT2D eigenvalue weighted by atomic mass is 10.2. The lowest BCUT2D eigenvalue weighted by Gasteiger charge is -2.00. The zero-order valence-corrected chi connectivity index (χ0v) is 15.6. The molecule has 0 aliphatic carbocycles. The fourth-order valence-corrected chi connectivity index (χ4v) is 3.97. The molecule has 0 atom stereocenters. The number of benzene rings is 1. The van der Waals surface area contributed by atoms with Crippen molar-refractivity contribution in [2.75, 3.05) is 5.32 Å². The van der Waals surface area contributed by atoms with E-state index in [1.165, 1.54) is 23.6 Å². The number of amides is 1. The summed E-state index contributed by atoms with van der Waals surface area (Å²) < 4.78 is 19.3. The average molecular weight is 399 g/mol. The molecular weight excluding hydrogens is 385 g/mol. The van der Waals surface area contributed by atoms with Crippen LogP contribution in [0.4, 0.5) is 9.52 Å². The maximum atomic E-state index is 13.8. The Morgan fingerprint density at radius 1 is 1.19 bits per heavy atom. The van der Waals surface area contributed by atoms with E-state index in [9.17, 15) is 9.18 Å². The molecule has 0 aliphatic rings. The van der Waals surface area contributed by atoms with Gasteiger partial charge in [0.2, 0.25) is 5.91 Å². The van der Waals surface area contributed by atoms with Crippen LogP contribution in [0.15, 0.2) is 57.8 Å². The van der Waals surface area contributed by atoms with E-state index in [1.54, 1.807) is 29.5 Å². The van der Waals surface area contributed by atoms with Gasteiger partial charge in [0.05, 0.1) is 22.3 Å². The van der Waals surface area contributed by atoms with Crippen LogP contribution in [0, 0.1) is 5.82 Å². The van der Waals surface area contributed by atoms with E-state index in [1.807, 2.05) is 22.9 Å². The Kier molecular flexibility index (Phi) is 5.08. The van der Waals surface area contributed by atoms with Gasteiger partial charge in [-0.25, -0.2) is 14.4 Å². The monoisotopic (exact) mass is 399 g/mol. The summed E-state index contributed by atoms with van der Waals surface area (Å²) in [5.74, 6) is 0.196. The molecule has 0 saturated carbocycles. The third-order valence-electron chi connectivity index (χ3n) is 3.78. The van der Waals surface area contributed by atoms with E-state index < -0.39 is 0 Å².